The fourth-order valence-electron chi connectivity index (χ4n) is 2.08. The average molecular weight is 306 g/mol. The Morgan fingerprint density at radius 2 is 1.95 bits per heavy atom. The van der Waals surface area contributed by atoms with Gasteiger partial charge in [0.05, 0.1) is 23.9 Å². The maximum atomic E-state index is 11.9. The van der Waals surface area contributed by atoms with E-state index in [1.54, 1.807) is 31.2 Å². The topological polar surface area (TPSA) is 76.5 Å². The second kappa shape index (κ2) is 5.93. The second-order valence-corrected chi connectivity index (χ2v) is 4.69. The number of carbonyl (C=O) groups excluding carboxylic acids is 1. The van der Waals surface area contributed by atoms with Crippen LogP contribution in [-0.4, -0.2) is 29.1 Å². The lowest BCUT2D eigenvalue weighted by Crippen LogP contribution is -2.12. The maximum Gasteiger partial charge on any atom is 0.340 e. The summed E-state index contributed by atoms with van der Waals surface area (Å²) in [4.78, 5) is 27.4. The van der Waals surface area contributed by atoms with Crippen LogP contribution in [0.5, 0.6) is 0 Å². The molecule has 0 aliphatic rings. The van der Waals surface area contributed by atoms with E-state index in [2.05, 4.69) is 4.98 Å². The number of rotatable bonds is 3. The van der Waals surface area contributed by atoms with Gasteiger partial charge < -0.3 is 9.84 Å². The van der Waals surface area contributed by atoms with Crippen LogP contribution in [0.3, 0.4) is 0 Å². The molecular weight excluding hydrogens is 294 g/mol. The Bertz CT molecular complexity index is 728. The molecule has 0 fully saturated rings. The number of aryl methyl sites for hydroxylation is 1. The van der Waals surface area contributed by atoms with Crippen LogP contribution in [0.15, 0.2) is 30.5 Å². The predicted molar refractivity (Wildman–Crippen MR) is 77.7 cm³/mol. The summed E-state index contributed by atoms with van der Waals surface area (Å²) in [5.41, 5.74) is 0.958. The summed E-state index contributed by atoms with van der Waals surface area (Å²) >= 11 is 6.14. The van der Waals surface area contributed by atoms with E-state index in [-0.39, 0.29) is 16.7 Å². The number of halogens is 1. The van der Waals surface area contributed by atoms with E-state index >= 15 is 0 Å². The Hall–Kier alpha value is -2.40. The number of carboxylic acid groups (broad SMARTS) is 1. The van der Waals surface area contributed by atoms with Crippen molar-refractivity contribution >= 4 is 23.5 Å². The van der Waals surface area contributed by atoms with Crippen molar-refractivity contribution in [3.05, 3.63) is 52.3 Å². The Labute approximate surface area is 126 Å². The molecule has 0 amide bonds. The van der Waals surface area contributed by atoms with Crippen LogP contribution in [0.2, 0.25) is 5.02 Å². The fourth-order valence-corrected chi connectivity index (χ4v) is 2.31. The fraction of sp³-hybridized carbons (Fsp3) is 0.133. The number of esters is 1. The van der Waals surface area contributed by atoms with Crippen LogP contribution in [-0.2, 0) is 4.74 Å². The van der Waals surface area contributed by atoms with Crippen molar-refractivity contribution in [2.24, 2.45) is 0 Å². The number of benzene rings is 1. The summed E-state index contributed by atoms with van der Waals surface area (Å²) in [6.07, 6.45) is 1.30. The molecule has 1 heterocycles. The van der Waals surface area contributed by atoms with Gasteiger partial charge in [-0.25, -0.2) is 9.59 Å². The molecule has 0 aliphatic carbocycles. The molecule has 2 rings (SSSR count). The van der Waals surface area contributed by atoms with Crippen LogP contribution in [0.1, 0.15) is 26.4 Å². The zero-order valence-electron chi connectivity index (χ0n) is 11.4. The molecule has 0 bridgehead atoms. The number of pyridine rings is 1. The summed E-state index contributed by atoms with van der Waals surface area (Å²) in [5, 5.41) is 9.79. The largest absolute Gasteiger partial charge is 0.478 e. The highest BCUT2D eigenvalue weighted by Gasteiger charge is 2.24. The van der Waals surface area contributed by atoms with Gasteiger partial charge in [0, 0.05) is 22.3 Å². The molecule has 2 aromatic rings. The first-order valence-electron chi connectivity index (χ1n) is 6.03. The molecule has 0 aliphatic heterocycles. The number of carbonyl (C=O) groups is 2. The normalized spacial score (nSPS) is 10.2. The quantitative estimate of drug-likeness (QED) is 0.881. The van der Waals surface area contributed by atoms with Crippen LogP contribution in [0, 0.1) is 6.92 Å². The van der Waals surface area contributed by atoms with Crippen LogP contribution < -0.4 is 0 Å². The minimum atomic E-state index is -1.18. The van der Waals surface area contributed by atoms with Crippen molar-refractivity contribution in [2.45, 2.75) is 6.92 Å². The molecule has 0 spiro atoms. The summed E-state index contributed by atoms with van der Waals surface area (Å²) in [6.45, 7) is 1.56. The second-order valence-electron chi connectivity index (χ2n) is 4.28. The Morgan fingerprint density at radius 3 is 2.52 bits per heavy atom. The van der Waals surface area contributed by atoms with E-state index in [0.29, 0.717) is 16.3 Å². The summed E-state index contributed by atoms with van der Waals surface area (Å²) in [5.74, 6) is -1.85. The van der Waals surface area contributed by atoms with Crippen LogP contribution >= 0.6 is 11.6 Å². The number of aromatic carboxylic acids is 1. The Balaban J connectivity index is 2.89. The number of methoxy groups -OCH3 is 1. The first-order valence-corrected chi connectivity index (χ1v) is 6.41. The number of hydrogen-bond donors (Lipinski definition) is 1. The van der Waals surface area contributed by atoms with Gasteiger partial charge in [-0.2, -0.15) is 0 Å². The van der Waals surface area contributed by atoms with Crippen LogP contribution in [0.25, 0.3) is 11.1 Å². The van der Waals surface area contributed by atoms with Gasteiger partial charge in [-0.05, 0) is 13.0 Å². The minimum Gasteiger partial charge on any atom is -0.478 e. The maximum absolute atomic E-state index is 11.9. The zero-order chi connectivity index (χ0) is 15.6. The smallest absolute Gasteiger partial charge is 0.340 e. The molecule has 0 radical (unpaired) electrons. The van der Waals surface area contributed by atoms with Crippen LogP contribution in [0.4, 0.5) is 0 Å². The number of ether oxygens (including phenoxy) is 1. The zero-order valence-corrected chi connectivity index (χ0v) is 12.1. The highest BCUT2D eigenvalue weighted by molar-refractivity contribution is 6.33. The van der Waals surface area contributed by atoms with Gasteiger partial charge in [-0.1, -0.05) is 29.8 Å². The minimum absolute atomic E-state index is 0.0635. The number of aromatic nitrogens is 1. The highest BCUT2D eigenvalue weighted by Crippen LogP contribution is 2.34. The first-order chi connectivity index (χ1) is 9.97. The van der Waals surface area contributed by atoms with Gasteiger partial charge in [0.1, 0.15) is 0 Å². The number of hydrogen-bond acceptors (Lipinski definition) is 4. The third-order valence-electron chi connectivity index (χ3n) is 3.03. The molecule has 0 atom stereocenters. The van der Waals surface area contributed by atoms with Crippen molar-refractivity contribution in [3.63, 3.8) is 0 Å². The molecule has 1 aromatic carbocycles. The monoisotopic (exact) mass is 305 g/mol. The van der Waals surface area contributed by atoms with Crippen molar-refractivity contribution in [1.29, 1.82) is 0 Å². The van der Waals surface area contributed by atoms with Gasteiger partial charge >= 0.3 is 11.9 Å². The molecule has 108 valence electrons. The van der Waals surface area contributed by atoms with Crippen molar-refractivity contribution < 1.29 is 19.4 Å². The molecule has 0 saturated heterocycles. The number of nitrogens with zero attached hydrogens (tertiary/aromatic N) is 1. The SMILES string of the molecule is COC(=O)c1cnc(C)c(C(=O)O)c1-c1ccccc1Cl. The first kappa shape index (κ1) is 15.0. The van der Waals surface area contributed by atoms with E-state index in [0.717, 1.165) is 0 Å². The summed E-state index contributed by atoms with van der Waals surface area (Å²) in [6, 6.07) is 6.71. The lowest BCUT2D eigenvalue weighted by molar-refractivity contribution is 0.0601. The summed E-state index contributed by atoms with van der Waals surface area (Å²) in [7, 11) is 1.22. The van der Waals surface area contributed by atoms with Gasteiger partial charge in [-0.3, -0.25) is 4.98 Å². The summed E-state index contributed by atoms with van der Waals surface area (Å²) < 4.78 is 4.70. The third-order valence-corrected chi connectivity index (χ3v) is 3.36. The Kier molecular flexibility index (Phi) is 4.23. The molecule has 1 N–H and O–H groups in total. The van der Waals surface area contributed by atoms with E-state index in [9.17, 15) is 14.7 Å². The van der Waals surface area contributed by atoms with Gasteiger partial charge in [-0.15, -0.1) is 0 Å². The van der Waals surface area contributed by atoms with Crippen molar-refractivity contribution in [1.82, 2.24) is 4.98 Å². The third kappa shape index (κ3) is 2.73. The molecule has 6 heteroatoms. The van der Waals surface area contributed by atoms with E-state index in [1.807, 2.05) is 0 Å². The molecule has 0 saturated carbocycles. The van der Waals surface area contributed by atoms with Gasteiger partial charge in [0.2, 0.25) is 0 Å². The standard InChI is InChI=1S/C15H12ClNO4/c1-8-12(14(18)19)13(9-5-3-4-6-11(9)16)10(7-17-8)15(20)21-2/h3-7H,1-2H3,(H,18,19). The number of carboxylic acids is 1. The van der Waals surface area contributed by atoms with E-state index in [4.69, 9.17) is 16.3 Å². The predicted octanol–water partition coefficient (Wildman–Crippen LogP) is 3.20. The molecule has 1 aromatic heterocycles. The van der Waals surface area contributed by atoms with Crippen molar-refractivity contribution in [2.75, 3.05) is 7.11 Å². The van der Waals surface area contributed by atoms with Crippen molar-refractivity contribution in [3.8, 4) is 11.1 Å². The molecule has 5 nitrogen and oxygen atoms in total. The highest BCUT2D eigenvalue weighted by atomic mass is 35.5. The van der Waals surface area contributed by atoms with Gasteiger partial charge in [0.15, 0.2) is 0 Å². The lowest BCUT2D eigenvalue weighted by atomic mass is 9.94. The van der Waals surface area contributed by atoms with E-state index < -0.39 is 11.9 Å². The molecule has 21 heavy (non-hydrogen) atoms. The Morgan fingerprint density at radius 1 is 1.29 bits per heavy atom. The average Bonchev–Trinajstić information content (AvgIpc) is 2.46. The lowest BCUT2D eigenvalue weighted by Gasteiger charge is -2.14. The van der Waals surface area contributed by atoms with Gasteiger partial charge in [0.25, 0.3) is 0 Å². The van der Waals surface area contributed by atoms with E-state index in [1.165, 1.54) is 13.3 Å². The molecule has 0 unspecified atom stereocenters. The molecular formula is C15H12ClNO4.